The molecule has 0 aliphatic rings. The number of benzene rings is 1. The van der Waals surface area contributed by atoms with Crippen molar-refractivity contribution in [2.45, 2.75) is 6.43 Å². The molecule has 1 aromatic carbocycles. The van der Waals surface area contributed by atoms with Crippen LogP contribution in [0.1, 0.15) is 11.4 Å². The topological polar surface area (TPSA) is 38.9 Å². The Morgan fingerprint density at radius 2 is 2.07 bits per heavy atom. The highest BCUT2D eigenvalue weighted by Gasteiger charge is 2.15. The van der Waals surface area contributed by atoms with Gasteiger partial charge in [0.25, 0.3) is 6.43 Å². The molecule has 0 spiro atoms. The number of thiazole rings is 1. The van der Waals surface area contributed by atoms with Crippen molar-refractivity contribution in [3.8, 4) is 0 Å². The van der Waals surface area contributed by atoms with Crippen LogP contribution in [-0.2, 0) is 0 Å². The van der Waals surface area contributed by atoms with Crippen LogP contribution in [0.15, 0.2) is 12.1 Å². The summed E-state index contributed by atoms with van der Waals surface area (Å²) in [6, 6.07) is 2.21. The number of hydrogen-bond acceptors (Lipinski definition) is 3. The quantitative estimate of drug-likeness (QED) is 0.747. The number of halogens is 3. The third kappa shape index (κ3) is 1.41. The monoisotopic (exact) mass is 218 g/mol. The normalized spacial score (nSPS) is 11.4. The van der Waals surface area contributed by atoms with E-state index in [9.17, 15) is 13.2 Å². The zero-order valence-electron chi connectivity index (χ0n) is 6.80. The third-order valence-electron chi connectivity index (χ3n) is 1.69. The molecule has 14 heavy (non-hydrogen) atoms. The summed E-state index contributed by atoms with van der Waals surface area (Å²) in [7, 11) is 0. The molecular formula is C8H5F3N2S. The minimum Gasteiger partial charge on any atom is -0.397 e. The number of anilines is 1. The molecule has 74 valence electrons. The maximum absolute atomic E-state index is 12.8. The van der Waals surface area contributed by atoms with Crippen molar-refractivity contribution in [1.82, 2.24) is 4.98 Å². The summed E-state index contributed by atoms with van der Waals surface area (Å²) >= 11 is 0.753. The molecule has 6 heteroatoms. The second-order valence-corrected chi connectivity index (χ2v) is 3.76. The molecule has 0 radical (unpaired) electrons. The van der Waals surface area contributed by atoms with Gasteiger partial charge in [0.15, 0.2) is 5.01 Å². The van der Waals surface area contributed by atoms with E-state index >= 15 is 0 Å². The van der Waals surface area contributed by atoms with Gasteiger partial charge in [-0.15, -0.1) is 11.3 Å². The van der Waals surface area contributed by atoms with Crippen LogP contribution in [0.25, 0.3) is 10.2 Å². The molecule has 0 aliphatic carbocycles. The summed E-state index contributed by atoms with van der Waals surface area (Å²) in [5, 5.41) is -0.336. The van der Waals surface area contributed by atoms with E-state index in [4.69, 9.17) is 5.73 Å². The second kappa shape index (κ2) is 3.13. The van der Waals surface area contributed by atoms with Gasteiger partial charge in [-0.3, -0.25) is 0 Å². The lowest BCUT2D eigenvalue weighted by Crippen LogP contribution is -1.88. The van der Waals surface area contributed by atoms with Gasteiger partial charge in [-0.1, -0.05) is 0 Å². The highest BCUT2D eigenvalue weighted by Crippen LogP contribution is 2.32. The largest absolute Gasteiger partial charge is 0.397 e. The van der Waals surface area contributed by atoms with Crippen LogP contribution >= 0.6 is 11.3 Å². The molecular weight excluding hydrogens is 213 g/mol. The smallest absolute Gasteiger partial charge is 0.289 e. The van der Waals surface area contributed by atoms with Gasteiger partial charge >= 0.3 is 0 Å². The number of nitrogen functional groups attached to an aromatic ring is 1. The Hall–Kier alpha value is -1.30. The van der Waals surface area contributed by atoms with Crippen LogP contribution in [0.4, 0.5) is 18.9 Å². The van der Waals surface area contributed by atoms with Crippen molar-refractivity contribution in [2.75, 3.05) is 5.73 Å². The minimum atomic E-state index is -2.64. The summed E-state index contributed by atoms with van der Waals surface area (Å²) < 4.78 is 37.7. The first kappa shape index (κ1) is 9.26. The standard InChI is InChI=1S/C8H5F3N2S/c9-3-1-4(12)6-5(2-3)14-8(13-6)7(10)11/h1-2,7H,12H2. The summed E-state index contributed by atoms with van der Waals surface area (Å²) in [6.45, 7) is 0. The van der Waals surface area contributed by atoms with Crippen LogP contribution in [-0.4, -0.2) is 4.98 Å². The number of hydrogen-bond donors (Lipinski definition) is 1. The van der Waals surface area contributed by atoms with Crippen LogP contribution < -0.4 is 5.73 Å². The molecule has 0 bridgehead atoms. The van der Waals surface area contributed by atoms with Crippen molar-refractivity contribution < 1.29 is 13.2 Å². The van der Waals surface area contributed by atoms with Crippen molar-refractivity contribution in [2.24, 2.45) is 0 Å². The molecule has 0 fully saturated rings. The van der Waals surface area contributed by atoms with Gasteiger partial charge in [0.1, 0.15) is 11.3 Å². The number of nitrogens with two attached hydrogens (primary N) is 1. The molecule has 2 aromatic rings. The Kier molecular flexibility index (Phi) is 2.07. The van der Waals surface area contributed by atoms with Gasteiger partial charge in [-0.05, 0) is 12.1 Å². The van der Waals surface area contributed by atoms with Gasteiger partial charge in [0.05, 0.1) is 10.4 Å². The minimum absolute atomic E-state index is 0.0863. The number of aromatic nitrogens is 1. The van der Waals surface area contributed by atoms with Crippen LogP contribution in [0.3, 0.4) is 0 Å². The Morgan fingerprint density at radius 1 is 1.36 bits per heavy atom. The first-order valence-corrected chi connectivity index (χ1v) is 4.53. The van der Waals surface area contributed by atoms with E-state index in [0.29, 0.717) is 4.70 Å². The number of nitrogens with zero attached hydrogens (tertiary/aromatic N) is 1. The number of fused-ring (bicyclic) bond motifs is 1. The van der Waals surface area contributed by atoms with Crippen LogP contribution in [0, 0.1) is 5.82 Å². The number of alkyl halides is 2. The average molecular weight is 218 g/mol. The fourth-order valence-electron chi connectivity index (χ4n) is 1.13. The van der Waals surface area contributed by atoms with Gasteiger partial charge in [-0.25, -0.2) is 18.2 Å². The molecule has 0 saturated carbocycles. The van der Waals surface area contributed by atoms with Gasteiger partial charge in [-0.2, -0.15) is 0 Å². The lowest BCUT2D eigenvalue weighted by Gasteiger charge is -1.93. The predicted molar refractivity (Wildman–Crippen MR) is 48.9 cm³/mol. The molecule has 2 nitrogen and oxygen atoms in total. The molecule has 0 saturated heterocycles. The molecule has 0 unspecified atom stereocenters. The van der Waals surface area contributed by atoms with Crippen molar-refractivity contribution in [1.29, 1.82) is 0 Å². The predicted octanol–water partition coefficient (Wildman–Crippen LogP) is 2.96. The molecule has 0 amide bonds. The van der Waals surface area contributed by atoms with E-state index < -0.39 is 12.2 Å². The average Bonchev–Trinajstić information content (AvgIpc) is 2.47. The summed E-state index contributed by atoms with van der Waals surface area (Å²) in [5.41, 5.74) is 5.76. The molecule has 1 aromatic heterocycles. The second-order valence-electron chi connectivity index (χ2n) is 2.69. The maximum atomic E-state index is 12.8. The van der Waals surface area contributed by atoms with E-state index in [1.54, 1.807) is 0 Å². The van der Waals surface area contributed by atoms with Gasteiger partial charge in [0, 0.05) is 0 Å². The fraction of sp³-hybridized carbons (Fsp3) is 0.125. The lowest BCUT2D eigenvalue weighted by molar-refractivity contribution is 0.151. The molecule has 1 heterocycles. The van der Waals surface area contributed by atoms with E-state index in [-0.39, 0.29) is 16.2 Å². The van der Waals surface area contributed by atoms with Crippen LogP contribution in [0.5, 0.6) is 0 Å². The SMILES string of the molecule is Nc1cc(F)cc2sc(C(F)F)nc12. The van der Waals surface area contributed by atoms with Gasteiger partial charge in [0.2, 0.25) is 0 Å². The third-order valence-corrected chi connectivity index (χ3v) is 2.70. The first-order chi connectivity index (χ1) is 6.58. The summed E-state index contributed by atoms with van der Waals surface area (Å²) in [5.74, 6) is -0.542. The highest BCUT2D eigenvalue weighted by atomic mass is 32.1. The summed E-state index contributed by atoms with van der Waals surface area (Å²) in [4.78, 5) is 3.63. The Morgan fingerprint density at radius 3 is 2.71 bits per heavy atom. The van der Waals surface area contributed by atoms with Crippen molar-refractivity contribution in [3.05, 3.63) is 23.0 Å². The van der Waals surface area contributed by atoms with Crippen molar-refractivity contribution >= 4 is 27.2 Å². The Labute approximate surface area is 81.2 Å². The van der Waals surface area contributed by atoms with Gasteiger partial charge < -0.3 is 5.73 Å². The van der Waals surface area contributed by atoms with E-state index in [1.807, 2.05) is 0 Å². The van der Waals surface area contributed by atoms with E-state index in [2.05, 4.69) is 4.98 Å². The zero-order chi connectivity index (χ0) is 10.3. The Bertz CT molecular complexity index is 481. The first-order valence-electron chi connectivity index (χ1n) is 3.71. The molecule has 2 N–H and O–H groups in total. The summed E-state index contributed by atoms with van der Waals surface area (Å²) in [6.07, 6.45) is -2.64. The van der Waals surface area contributed by atoms with Crippen molar-refractivity contribution in [3.63, 3.8) is 0 Å². The Balaban J connectivity index is 2.70. The zero-order valence-corrected chi connectivity index (χ0v) is 7.62. The maximum Gasteiger partial charge on any atom is 0.289 e. The lowest BCUT2D eigenvalue weighted by atomic mass is 10.3. The van der Waals surface area contributed by atoms with E-state index in [0.717, 1.165) is 23.5 Å². The molecule has 0 aliphatic heterocycles. The molecule has 2 rings (SSSR count). The number of rotatable bonds is 1. The van der Waals surface area contributed by atoms with Crippen LogP contribution in [0.2, 0.25) is 0 Å². The highest BCUT2D eigenvalue weighted by molar-refractivity contribution is 7.18. The van der Waals surface area contributed by atoms with E-state index in [1.165, 1.54) is 0 Å². The molecule has 0 atom stereocenters. The fourth-order valence-corrected chi connectivity index (χ4v) is 2.01.